The first-order valence-electron chi connectivity index (χ1n) is 7.73. The molecule has 0 spiro atoms. The maximum atomic E-state index is 11.7. The summed E-state index contributed by atoms with van der Waals surface area (Å²) in [5, 5.41) is 6.52. The molecule has 1 atom stereocenters. The number of amides is 1. The average molecular weight is 274 g/mol. The Hall–Kier alpha value is -1.51. The van der Waals surface area contributed by atoms with E-state index in [4.69, 9.17) is 0 Å². The van der Waals surface area contributed by atoms with Crippen molar-refractivity contribution in [3.63, 3.8) is 0 Å². The Kier molecular flexibility index (Phi) is 5.05. The van der Waals surface area contributed by atoms with Gasteiger partial charge in [0.05, 0.1) is 0 Å². The monoisotopic (exact) mass is 274 g/mol. The Morgan fingerprint density at radius 1 is 1.15 bits per heavy atom. The number of carbonyl (C=O) groups excluding carboxylic acids is 1. The zero-order valence-electron chi connectivity index (χ0n) is 12.8. The van der Waals surface area contributed by atoms with E-state index >= 15 is 0 Å². The minimum atomic E-state index is 0.00373. The minimum absolute atomic E-state index is 0.00373. The van der Waals surface area contributed by atoms with Crippen molar-refractivity contribution in [2.24, 2.45) is 11.8 Å². The van der Waals surface area contributed by atoms with Gasteiger partial charge in [0, 0.05) is 23.3 Å². The summed E-state index contributed by atoms with van der Waals surface area (Å²) in [5.41, 5.74) is 1.96. The molecule has 2 N–H and O–H groups in total. The summed E-state index contributed by atoms with van der Waals surface area (Å²) in [6.45, 7) is 6.06. The maximum Gasteiger partial charge on any atom is 0.226 e. The van der Waals surface area contributed by atoms with Crippen LogP contribution < -0.4 is 10.6 Å². The molecule has 0 heterocycles. The van der Waals surface area contributed by atoms with Gasteiger partial charge in [-0.2, -0.15) is 0 Å². The predicted octanol–water partition coefficient (Wildman–Crippen LogP) is 4.27. The molecule has 0 aromatic heterocycles. The summed E-state index contributed by atoms with van der Waals surface area (Å²) in [4.78, 5) is 11.7. The largest absolute Gasteiger partial charge is 0.382 e. The lowest BCUT2D eigenvalue weighted by atomic mass is 9.99. The summed E-state index contributed by atoms with van der Waals surface area (Å²) >= 11 is 0. The van der Waals surface area contributed by atoms with Gasteiger partial charge in [0.2, 0.25) is 5.91 Å². The normalized spacial score (nSPS) is 17.2. The lowest BCUT2D eigenvalue weighted by Crippen LogP contribution is -2.24. The lowest BCUT2D eigenvalue weighted by molar-refractivity contribution is -0.118. The summed E-state index contributed by atoms with van der Waals surface area (Å²) < 4.78 is 0. The SMILES string of the molecule is CC(C)C(=O)Nc1cccc(NC(C)C2CCCC2)c1. The molecule has 110 valence electrons. The minimum Gasteiger partial charge on any atom is -0.382 e. The van der Waals surface area contributed by atoms with Gasteiger partial charge in [0.1, 0.15) is 0 Å². The quantitative estimate of drug-likeness (QED) is 0.841. The third-order valence-electron chi connectivity index (χ3n) is 4.16. The fourth-order valence-electron chi connectivity index (χ4n) is 2.81. The van der Waals surface area contributed by atoms with Crippen LogP contribution in [0.15, 0.2) is 24.3 Å². The molecule has 3 nitrogen and oxygen atoms in total. The van der Waals surface area contributed by atoms with Crippen molar-refractivity contribution in [1.82, 2.24) is 0 Å². The van der Waals surface area contributed by atoms with Gasteiger partial charge in [-0.05, 0) is 43.9 Å². The molecule has 1 aliphatic rings. The second kappa shape index (κ2) is 6.78. The second-order valence-electron chi connectivity index (χ2n) is 6.20. The third kappa shape index (κ3) is 3.99. The fourth-order valence-corrected chi connectivity index (χ4v) is 2.81. The van der Waals surface area contributed by atoms with Gasteiger partial charge in [-0.25, -0.2) is 0 Å². The van der Waals surface area contributed by atoms with Crippen molar-refractivity contribution in [3.8, 4) is 0 Å². The van der Waals surface area contributed by atoms with Crippen LogP contribution in [0, 0.1) is 11.8 Å². The molecule has 1 fully saturated rings. The molecule has 3 heteroatoms. The third-order valence-corrected chi connectivity index (χ3v) is 4.16. The Morgan fingerprint density at radius 3 is 2.45 bits per heavy atom. The Labute approximate surface area is 122 Å². The van der Waals surface area contributed by atoms with Gasteiger partial charge in [-0.3, -0.25) is 4.79 Å². The number of hydrogen-bond donors (Lipinski definition) is 2. The van der Waals surface area contributed by atoms with E-state index in [9.17, 15) is 4.79 Å². The van der Waals surface area contributed by atoms with Crippen LogP contribution in [0.5, 0.6) is 0 Å². The highest BCUT2D eigenvalue weighted by molar-refractivity contribution is 5.92. The van der Waals surface area contributed by atoms with Crippen LogP contribution in [0.1, 0.15) is 46.5 Å². The molecule has 20 heavy (non-hydrogen) atoms. The molecule has 0 saturated heterocycles. The number of carbonyl (C=O) groups is 1. The first-order valence-corrected chi connectivity index (χ1v) is 7.73. The predicted molar refractivity (Wildman–Crippen MR) is 85.0 cm³/mol. The van der Waals surface area contributed by atoms with Gasteiger partial charge < -0.3 is 10.6 Å². The van der Waals surface area contributed by atoms with E-state index in [1.54, 1.807) is 0 Å². The number of benzene rings is 1. The Bertz CT molecular complexity index is 450. The van der Waals surface area contributed by atoms with Crippen LogP contribution in [0.3, 0.4) is 0 Å². The van der Waals surface area contributed by atoms with Gasteiger partial charge in [-0.1, -0.05) is 32.8 Å². The van der Waals surface area contributed by atoms with Crippen LogP contribution in [0.2, 0.25) is 0 Å². The number of rotatable bonds is 5. The second-order valence-corrected chi connectivity index (χ2v) is 6.20. The van der Waals surface area contributed by atoms with Crippen LogP contribution in [0.25, 0.3) is 0 Å². The summed E-state index contributed by atoms with van der Waals surface area (Å²) in [7, 11) is 0. The summed E-state index contributed by atoms with van der Waals surface area (Å²) in [5.74, 6) is 0.846. The van der Waals surface area contributed by atoms with Gasteiger partial charge in [-0.15, -0.1) is 0 Å². The molecule has 1 amide bonds. The van der Waals surface area contributed by atoms with E-state index < -0.39 is 0 Å². The molecule has 1 unspecified atom stereocenters. The molecule has 1 aliphatic carbocycles. The van der Waals surface area contributed by atoms with Crippen molar-refractivity contribution >= 4 is 17.3 Å². The van der Waals surface area contributed by atoms with E-state index in [2.05, 4.69) is 23.6 Å². The molecule has 0 bridgehead atoms. The van der Waals surface area contributed by atoms with E-state index in [1.807, 2.05) is 32.0 Å². The summed E-state index contributed by atoms with van der Waals surface area (Å²) in [6.07, 6.45) is 5.39. The van der Waals surface area contributed by atoms with Gasteiger partial charge >= 0.3 is 0 Å². The standard InChI is InChI=1S/C17H26N2O/c1-12(2)17(20)19-16-10-6-9-15(11-16)18-13(3)14-7-4-5-8-14/h6,9-14,18H,4-5,7-8H2,1-3H3,(H,19,20). The highest BCUT2D eigenvalue weighted by Gasteiger charge is 2.21. The van der Waals surface area contributed by atoms with Crippen molar-refractivity contribution in [2.75, 3.05) is 10.6 Å². The average Bonchev–Trinajstić information content (AvgIpc) is 2.92. The molecule has 1 aromatic rings. The van der Waals surface area contributed by atoms with E-state index in [1.165, 1.54) is 25.7 Å². The molecule has 1 aromatic carbocycles. The Morgan fingerprint density at radius 2 is 1.80 bits per heavy atom. The van der Waals surface area contributed by atoms with Crippen molar-refractivity contribution in [3.05, 3.63) is 24.3 Å². The molecular weight excluding hydrogens is 248 g/mol. The maximum absolute atomic E-state index is 11.7. The van der Waals surface area contributed by atoms with Crippen molar-refractivity contribution in [1.29, 1.82) is 0 Å². The first kappa shape index (κ1) is 14.9. The smallest absolute Gasteiger partial charge is 0.226 e. The van der Waals surface area contributed by atoms with Crippen LogP contribution in [-0.2, 0) is 4.79 Å². The Balaban J connectivity index is 1.96. The fraction of sp³-hybridized carbons (Fsp3) is 0.588. The van der Waals surface area contributed by atoms with Gasteiger partial charge in [0.25, 0.3) is 0 Å². The van der Waals surface area contributed by atoms with Crippen LogP contribution in [0.4, 0.5) is 11.4 Å². The molecule has 2 rings (SSSR count). The number of hydrogen-bond acceptors (Lipinski definition) is 2. The zero-order chi connectivity index (χ0) is 14.5. The number of anilines is 2. The molecule has 0 radical (unpaired) electrons. The zero-order valence-corrected chi connectivity index (χ0v) is 12.8. The van der Waals surface area contributed by atoms with E-state index in [-0.39, 0.29) is 11.8 Å². The topological polar surface area (TPSA) is 41.1 Å². The van der Waals surface area contributed by atoms with Gasteiger partial charge in [0.15, 0.2) is 0 Å². The lowest BCUT2D eigenvalue weighted by Gasteiger charge is -2.22. The van der Waals surface area contributed by atoms with Crippen molar-refractivity contribution < 1.29 is 4.79 Å². The van der Waals surface area contributed by atoms with Crippen LogP contribution in [-0.4, -0.2) is 11.9 Å². The highest BCUT2D eigenvalue weighted by Crippen LogP contribution is 2.29. The number of nitrogens with one attached hydrogen (secondary N) is 2. The highest BCUT2D eigenvalue weighted by atomic mass is 16.1. The molecule has 1 saturated carbocycles. The van der Waals surface area contributed by atoms with Crippen molar-refractivity contribution in [2.45, 2.75) is 52.5 Å². The first-order chi connectivity index (χ1) is 9.56. The molecule has 0 aliphatic heterocycles. The van der Waals surface area contributed by atoms with Crippen LogP contribution >= 0.6 is 0 Å². The summed E-state index contributed by atoms with van der Waals surface area (Å²) in [6, 6.07) is 8.50. The van der Waals surface area contributed by atoms with E-state index in [0.29, 0.717) is 6.04 Å². The van der Waals surface area contributed by atoms with E-state index in [0.717, 1.165) is 17.3 Å². The molecular formula is C17H26N2O.